The fraction of sp³-hybridized carbons (Fsp3) is 0.333. The highest BCUT2D eigenvalue weighted by Crippen LogP contribution is 2.16. The third-order valence-corrected chi connectivity index (χ3v) is 0.943. The van der Waals surface area contributed by atoms with Crippen LogP contribution in [-0.4, -0.2) is 0 Å². The Bertz CT molecular complexity index is 304. The highest BCUT2D eigenvalue weighted by molar-refractivity contribution is 9.11. The van der Waals surface area contributed by atoms with Gasteiger partial charge in [0.2, 0.25) is 0 Å². The maximum Gasteiger partial charge on any atom is 0.0631 e. The van der Waals surface area contributed by atoms with Gasteiger partial charge in [-0.1, -0.05) is 34.1 Å². The molecule has 0 N–H and O–H groups in total. The lowest BCUT2D eigenvalue weighted by Crippen LogP contribution is -1.75. The highest BCUT2D eigenvalue weighted by Gasteiger charge is 1.90. The van der Waals surface area contributed by atoms with Gasteiger partial charge in [-0.25, -0.2) is 0 Å². The molecular formula is C6H7Br. The van der Waals surface area contributed by atoms with Crippen molar-refractivity contribution in [2.24, 2.45) is 0 Å². The summed E-state index contributed by atoms with van der Waals surface area (Å²) in [6.45, 7) is 0. The van der Waals surface area contributed by atoms with Crippen molar-refractivity contribution < 1.29 is 8.22 Å². The van der Waals surface area contributed by atoms with Crippen LogP contribution in [0, 0.1) is 0 Å². The Balaban J connectivity index is 3.32. The van der Waals surface area contributed by atoms with Crippen LogP contribution in [0.3, 0.4) is 0 Å². The Hall–Kier alpha value is -0.0400. The smallest absolute Gasteiger partial charge is 0.0631 e. The first kappa shape index (κ1) is 1.47. The molecule has 0 spiro atoms. The summed E-state index contributed by atoms with van der Waals surface area (Å²) in [5.41, 5.74) is 0. The summed E-state index contributed by atoms with van der Waals surface area (Å²) in [6.07, 6.45) is -3.50. The van der Waals surface area contributed by atoms with E-state index in [1.165, 1.54) is 0 Å². The van der Waals surface area contributed by atoms with Crippen molar-refractivity contribution in [2.45, 2.75) is 12.8 Å². The van der Waals surface area contributed by atoms with Gasteiger partial charge in [-0.3, -0.25) is 0 Å². The van der Waals surface area contributed by atoms with Crippen molar-refractivity contribution in [3.8, 4) is 0 Å². The summed E-state index contributed by atoms with van der Waals surface area (Å²) in [4.78, 5) is 0. The van der Waals surface area contributed by atoms with Gasteiger partial charge in [0.25, 0.3) is 0 Å². The van der Waals surface area contributed by atoms with Crippen molar-refractivity contribution in [3.63, 3.8) is 0 Å². The van der Waals surface area contributed by atoms with Crippen LogP contribution in [0.15, 0.2) is 22.6 Å². The molecule has 0 bridgehead atoms. The van der Waals surface area contributed by atoms with Crippen LogP contribution in [0.2, 0.25) is 0 Å². The summed E-state index contributed by atoms with van der Waals surface area (Å²) >= 11 is 2.84. The molecule has 1 heteroatoms. The van der Waals surface area contributed by atoms with Crippen molar-refractivity contribution in [3.05, 3.63) is 22.6 Å². The summed E-state index contributed by atoms with van der Waals surface area (Å²) in [5, 5.41) is 0. The van der Waals surface area contributed by atoms with E-state index in [4.69, 9.17) is 8.22 Å². The molecule has 38 valence electrons. The van der Waals surface area contributed by atoms with Gasteiger partial charge < -0.3 is 0 Å². The molecule has 0 radical (unpaired) electrons. The van der Waals surface area contributed by atoms with Gasteiger partial charge in [0.1, 0.15) is 0 Å². The van der Waals surface area contributed by atoms with Gasteiger partial charge in [-0.15, -0.1) is 0 Å². The largest absolute Gasteiger partial charge is 0.0842 e. The van der Waals surface area contributed by atoms with E-state index in [1.807, 2.05) is 0 Å². The first-order chi connectivity index (χ1) is 5.80. The Labute approximate surface area is 60.5 Å². The van der Waals surface area contributed by atoms with Crippen molar-refractivity contribution in [1.29, 1.82) is 0 Å². The zero-order chi connectivity index (χ0) is 10.4. The standard InChI is InChI=1S/C6H7Br/c7-6-4-2-1-3-5-6/h1-2,4H,3,5H2/i1D,2D,3D,4D,5D2. The Morgan fingerprint density at radius 1 is 2.00 bits per heavy atom. The van der Waals surface area contributed by atoms with Gasteiger partial charge in [0.15, 0.2) is 0 Å². The first-order valence-corrected chi connectivity index (χ1v) is 2.56. The molecule has 0 aromatic carbocycles. The molecule has 0 aromatic heterocycles. The van der Waals surface area contributed by atoms with Crippen molar-refractivity contribution >= 4 is 15.9 Å². The number of rotatable bonds is 0. The van der Waals surface area contributed by atoms with Crippen molar-refractivity contribution in [2.75, 3.05) is 0 Å². The lowest BCUT2D eigenvalue weighted by Gasteiger charge is -1.96. The number of halogens is 1. The van der Waals surface area contributed by atoms with Gasteiger partial charge in [-0.05, 0) is 17.3 Å². The van der Waals surface area contributed by atoms with E-state index in [0.717, 1.165) is 0 Å². The minimum absolute atomic E-state index is 0.124. The molecule has 0 amide bonds. The van der Waals surface area contributed by atoms with E-state index in [0.29, 0.717) is 0 Å². The fourth-order valence-electron chi connectivity index (χ4n) is 0.263. The van der Waals surface area contributed by atoms with Crippen LogP contribution >= 0.6 is 15.9 Å². The lowest BCUT2D eigenvalue weighted by molar-refractivity contribution is 1.02. The van der Waals surface area contributed by atoms with Gasteiger partial charge in [-0.2, -0.15) is 0 Å². The molecule has 0 aliphatic heterocycles. The number of hydrogen-bond donors (Lipinski definition) is 0. The second-order valence-electron chi connectivity index (χ2n) is 0.997. The summed E-state index contributed by atoms with van der Waals surface area (Å²) in [6, 6.07) is -1.18. The molecule has 0 aromatic rings. The fourth-order valence-corrected chi connectivity index (χ4v) is 0.476. The molecule has 0 saturated carbocycles. The van der Waals surface area contributed by atoms with E-state index in [-0.39, 0.29) is 16.6 Å². The lowest BCUT2D eigenvalue weighted by atomic mass is 10.2. The van der Waals surface area contributed by atoms with E-state index >= 15 is 0 Å². The molecule has 0 saturated heterocycles. The van der Waals surface area contributed by atoms with Gasteiger partial charge in [0.05, 0.1) is 4.11 Å². The number of allylic oxidation sites excluding steroid dienone is 4. The zero-order valence-electron chi connectivity index (χ0n) is 9.46. The minimum atomic E-state index is -2.07. The van der Waals surface area contributed by atoms with Crippen LogP contribution < -0.4 is 0 Å². The van der Waals surface area contributed by atoms with E-state index in [1.54, 1.807) is 0 Å². The molecule has 1 rings (SSSR count). The van der Waals surface area contributed by atoms with Crippen LogP contribution in [0.5, 0.6) is 0 Å². The molecule has 7 heavy (non-hydrogen) atoms. The van der Waals surface area contributed by atoms with Crippen LogP contribution in [0.1, 0.15) is 21.0 Å². The van der Waals surface area contributed by atoms with Crippen molar-refractivity contribution in [1.82, 2.24) is 0 Å². The molecule has 0 fully saturated rings. The third kappa shape index (κ3) is 1.48. The topological polar surface area (TPSA) is 0 Å². The van der Waals surface area contributed by atoms with E-state index in [9.17, 15) is 0 Å². The normalized spacial score (nSPS) is 53.6. The maximum atomic E-state index is 7.41. The molecular weight excluding hydrogens is 152 g/mol. The molecule has 1 atom stereocenters. The monoisotopic (exact) mass is 164 g/mol. The third-order valence-electron chi connectivity index (χ3n) is 0.515. The number of hydrogen-bond acceptors (Lipinski definition) is 0. The van der Waals surface area contributed by atoms with Crippen LogP contribution in [0.25, 0.3) is 0 Å². The average Bonchev–Trinajstić information content (AvgIpc) is 2.09. The van der Waals surface area contributed by atoms with Gasteiger partial charge >= 0.3 is 0 Å². The summed E-state index contributed by atoms with van der Waals surface area (Å²) in [7, 11) is 0. The minimum Gasteiger partial charge on any atom is -0.0842 e. The maximum absolute atomic E-state index is 7.41. The molecule has 0 nitrogen and oxygen atoms in total. The van der Waals surface area contributed by atoms with Gasteiger partial charge in [0, 0.05) is 4.11 Å². The highest BCUT2D eigenvalue weighted by atomic mass is 79.9. The Kier molecular flexibility index (Phi) is 0.487. The Morgan fingerprint density at radius 2 is 2.86 bits per heavy atom. The summed E-state index contributed by atoms with van der Waals surface area (Å²) in [5.74, 6) is 0. The van der Waals surface area contributed by atoms with Crippen LogP contribution in [0.4, 0.5) is 0 Å². The van der Waals surface area contributed by atoms with E-state index < -0.39 is 18.8 Å². The molecule has 0 heterocycles. The van der Waals surface area contributed by atoms with E-state index in [2.05, 4.69) is 15.9 Å². The average molecular weight is 165 g/mol. The van der Waals surface area contributed by atoms with Crippen LogP contribution in [-0.2, 0) is 0 Å². The molecule has 1 unspecified atom stereocenters. The second-order valence-corrected chi connectivity index (χ2v) is 1.79. The molecule has 1 aliphatic rings. The SMILES string of the molecule is [2H]C1=C([2H])C([2H])C([2H])([2H])C(Br)=C1[2H]. The summed E-state index contributed by atoms with van der Waals surface area (Å²) < 4.78 is 43.8. The predicted octanol–water partition coefficient (Wildman–Crippen LogP) is 2.62. The quantitative estimate of drug-likeness (QED) is 0.517. The Morgan fingerprint density at radius 3 is 3.71 bits per heavy atom. The second kappa shape index (κ2) is 2.31. The zero-order valence-corrected chi connectivity index (χ0v) is 5.04. The molecule has 1 aliphatic carbocycles. The first-order valence-electron chi connectivity index (χ1n) is 4.84. The predicted molar refractivity (Wildman–Crippen MR) is 35.4 cm³/mol.